The van der Waals surface area contributed by atoms with E-state index in [2.05, 4.69) is 10.4 Å². The second-order valence-electron chi connectivity index (χ2n) is 4.18. The summed E-state index contributed by atoms with van der Waals surface area (Å²) in [5.41, 5.74) is 4.32. The number of hydrogen-bond donors (Lipinski definition) is 2. The number of nitrogens with zero attached hydrogens (tertiary/aromatic N) is 1. The van der Waals surface area contributed by atoms with Crippen LogP contribution < -0.4 is 11.3 Å². The Hall–Kier alpha value is -1.78. The maximum absolute atomic E-state index is 13.5. The molecular formula is C14H16FN3. The fourth-order valence-electron chi connectivity index (χ4n) is 1.89. The first kappa shape index (κ1) is 12.7. The zero-order valence-electron chi connectivity index (χ0n) is 10.0. The highest BCUT2D eigenvalue weighted by atomic mass is 19.1. The van der Waals surface area contributed by atoms with E-state index in [0.29, 0.717) is 18.4 Å². The third-order valence-electron chi connectivity index (χ3n) is 2.84. The Labute approximate surface area is 106 Å². The van der Waals surface area contributed by atoms with Gasteiger partial charge in [0.2, 0.25) is 0 Å². The number of nitrogens with one attached hydrogen (secondary N) is 1. The van der Waals surface area contributed by atoms with Gasteiger partial charge in [-0.1, -0.05) is 24.3 Å². The number of halogens is 1. The second kappa shape index (κ2) is 6.23. The summed E-state index contributed by atoms with van der Waals surface area (Å²) >= 11 is 0. The average Bonchev–Trinajstić information content (AvgIpc) is 2.41. The molecule has 0 saturated carbocycles. The largest absolute Gasteiger partial charge is 0.271 e. The van der Waals surface area contributed by atoms with Crippen LogP contribution in [0.4, 0.5) is 4.39 Å². The van der Waals surface area contributed by atoms with E-state index in [9.17, 15) is 4.39 Å². The molecule has 2 aromatic rings. The smallest absolute Gasteiger partial charge is 0.126 e. The Kier molecular flexibility index (Phi) is 4.39. The van der Waals surface area contributed by atoms with Crippen LogP contribution in [0.5, 0.6) is 0 Å². The number of benzene rings is 1. The predicted molar refractivity (Wildman–Crippen MR) is 69.2 cm³/mol. The van der Waals surface area contributed by atoms with Crippen molar-refractivity contribution in [3.8, 4) is 0 Å². The summed E-state index contributed by atoms with van der Waals surface area (Å²) in [5, 5.41) is 0. The van der Waals surface area contributed by atoms with Crippen molar-refractivity contribution in [2.45, 2.75) is 18.9 Å². The molecule has 2 rings (SSSR count). The van der Waals surface area contributed by atoms with Gasteiger partial charge in [-0.3, -0.25) is 16.3 Å². The predicted octanol–water partition coefficient (Wildman–Crippen LogP) is 1.84. The maximum atomic E-state index is 13.5. The Bertz CT molecular complexity index is 487. The Balaban J connectivity index is 2.04. The van der Waals surface area contributed by atoms with Gasteiger partial charge >= 0.3 is 0 Å². The van der Waals surface area contributed by atoms with E-state index in [4.69, 9.17) is 5.84 Å². The van der Waals surface area contributed by atoms with Crippen molar-refractivity contribution >= 4 is 0 Å². The van der Waals surface area contributed by atoms with Gasteiger partial charge in [-0.15, -0.1) is 0 Å². The van der Waals surface area contributed by atoms with E-state index in [1.54, 1.807) is 18.3 Å². The Morgan fingerprint density at radius 1 is 1.11 bits per heavy atom. The van der Waals surface area contributed by atoms with Gasteiger partial charge in [-0.25, -0.2) is 4.39 Å². The highest BCUT2D eigenvalue weighted by molar-refractivity contribution is 5.19. The summed E-state index contributed by atoms with van der Waals surface area (Å²) in [6.07, 6.45) is 2.96. The number of rotatable bonds is 5. The first-order chi connectivity index (χ1) is 8.79. The van der Waals surface area contributed by atoms with E-state index >= 15 is 0 Å². The molecular weight excluding hydrogens is 229 g/mol. The monoisotopic (exact) mass is 245 g/mol. The molecule has 0 fully saturated rings. The molecule has 0 amide bonds. The molecule has 3 N–H and O–H groups in total. The zero-order valence-corrected chi connectivity index (χ0v) is 10.0. The molecule has 1 aromatic heterocycles. The van der Waals surface area contributed by atoms with Gasteiger partial charge in [-0.2, -0.15) is 0 Å². The molecule has 0 bridgehead atoms. The van der Waals surface area contributed by atoms with Crippen LogP contribution in [0.15, 0.2) is 48.7 Å². The summed E-state index contributed by atoms with van der Waals surface area (Å²) in [6.45, 7) is 0. The average molecular weight is 245 g/mol. The molecule has 1 unspecified atom stereocenters. The highest BCUT2D eigenvalue weighted by Crippen LogP contribution is 2.11. The Morgan fingerprint density at radius 2 is 1.89 bits per heavy atom. The van der Waals surface area contributed by atoms with Gasteiger partial charge in [0.1, 0.15) is 5.82 Å². The molecule has 1 heterocycles. The van der Waals surface area contributed by atoms with E-state index in [-0.39, 0.29) is 11.9 Å². The molecule has 0 aliphatic heterocycles. The number of pyridine rings is 1. The number of hydrazine groups is 1. The number of hydrogen-bond acceptors (Lipinski definition) is 3. The van der Waals surface area contributed by atoms with Crippen LogP contribution >= 0.6 is 0 Å². The van der Waals surface area contributed by atoms with Gasteiger partial charge in [0.15, 0.2) is 0 Å². The molecule has 1 atom stereocenters. The summed E-state index contributed by atoms with van der Waals surface area (Å²) in [4.78, 5) is 4.24. The third-order valence-corrected chi connectivity index (χ3v) is 2.84. The van der Waals surface area contributed by atoms with Gasteiger partial charge in [0.25, 0.3) is 0 Å². The van der Waals surface area contributed by atoms with Crippen LogP contribution in [0.25, 0.3) is 0 Å². The topological polar surface area (TPSA) is 50.9 Å². The zero-order chi connectivity index (χ0) is 12.8. The minimum Gasteiger partial charge on any atom is -0.271 e. The minimum absolute atomic E-state index is 0.0307. The van der Waals surface area contributed by atoms with Crippen molar-refractivity contribution in [2.75, 3.05) is 0 Å². The molecule has 94 valence electrons. The summed E-state index contributed by atoms with van der Waals surface area (Å²) < 4.78 is 13.5. The lowest BCUT2D eigenvalue weighted by Gasteiger charge is -2.15. The summed E-state index contributed by atoms with van der Waals surface area (Å²) in [7, 11) is 0. The van der Waals surface area contributed by atoms with Crippen molar-refractivity contribution in [2.24, 2.45) is 5.84 Å². The van der Waals surface area contributed by atoms with Crippen molar-refractivity contribution < 1.29 is 4.39 Å². The van der Waals surface area contributed by atoms with Crippen LogP contribution in [0, 0.1) is 5.82 Å². The molecule has 0 radical (unpaired) electrons. The molecule has 0 saturated heterocycles. The lowest BCUT2D eigenvalue weighted by molar-refractivity contribution is 0.502. The molecule has 0 aliphatic carbocycles. The van der Waals surface area contributed by atoms with E-state index in [0.717, 1.165) is 5.69 Å². The van der Waals surface area contributed by atoms with Crippen molar-refractivity contribution in [1.29, 1.82) is 0 Å². The maximum Gasteiger partial charge on any atom is 0.126 e. The van der Waals surface area contributed by atoms with Crippen molar-refractivity contribution in [1.82, 2.24) is 10.4 Å². The highest BCUT2D eigenvalue weighted by Gasteiger charge is 2.11. The lowest BCUT2D eigenvalue weighted by Crippen LogP contribution is -2.38. The number of nitrogens with two attached hydrogens (primary N) is 1. The van der Waals surface area contributed by atoms with Crippen LogP contribution in [0.3, 0.4) is 0 Å². The molecule has 4 heteroatoms. The second-order valence-corrected chi connectivity index (χ2v) is 4.18. The molecule has 18 heavy (non-hydrogen) atoms. The van der Waals surface area contributed by atoms with Gasteiger partial charge in [0.05, 0.1) is 0 Å². The third kappa shape index (κ3) is 3.35. The summed E-state index contributed by atoms with van der Waals surface area (Å²) in [6, 6.07) is 12.4. The van der Waals surface area contributed by atoms with Gasteiger partial charge in [0, 0.05) is 24.4 Å². The SMILES string of the molecule is NNC(Cc1ccccn1)Cc1ccccc1F. The Morgan fingerprint density at radius 3 is 2.56 bits per heavy atom. The first-order valence-corrected chi connectivity index (χ1v) is 5.89. The molecule has 1 aromatic carbocycles. The normalized spacial score (nSPS) is 12.3. The van der Waals surface area contributed by atoms with Crippen LogP contribution in [0.2, 0.25) is 0 Å². The van der Waals surface area contributed by atoms with Gasteiger partial charge in [-0.05, 0) is 30.2 Å². The molecule has 3 nitrogen and oxygen atoms in total. The van der Waals surface area contributed by atoms with E-state index < -0.39 is 0 Å². The molecule has 0 spiro atoms. The fraction of sp³-hybridized carbons (Fsp3) is 0.214. The quantitative estimate of drug-likeness (QED) is 0.624. The van der Waals surface area contributed by atoms with Crippen LogP contribution in [-0.4, -0.2) is 11.0 Å². The lowest BCUT2D eigenvalue weighted by atomic mass is 10.0. The van der Waals surface area contributed by atoms with Crippen LogP contribution in [0.1, 0.15) is 11.3 Å². The standard InChI is InChI=1S/C14H16FN3/c15-14-7-2-1-5-11(14)9-13(18-16)10-12-6-3-4-8-17-12/h1-8,13,18H,9-10,16H2. The first-order valence-electron chi connectivity index (χ1n) is 5.89. The van der Waals surface area contributed by atoms with E-state index in [1.165, 1.54) is 6.07 Å². The summed E-state index contributed by atoms with van der Waals surface area (Å²) in [5.74, 6) is 5.32. The van der Waals surface area contributed by atoms with Crippen LogP contribution in [-0.2, 0) is 12.8 Å². The number of aromatic nitrogens is 1. The molecule has 0 aliphatic rings. The van der Waals surface area contributed by atoms with Gasteiger partial charge < -0.3 is 0 Å². The van der Waals surface area contributed by atoms with Crippen molar-refractivity contribution in [3.63, 3.8) is 0 Å². The van der Waals surface area contributed by atoms with E-state index in [1.807, 2.05) is 24.3 Å². The van der Waals surface area contributed by atoms with Crippen molar-refractivity contribution in [3.05, 3.63) is 65.7 Å². The fourth-order valence-corrected chi connectivity index (χ4v) is 1.89. The minimum atomic E-state index is -0.196.